The molecule has 0 bridgehead atoms. The third-order valence-electron chi connectivity index (χ3n) is 5.08. The summed E-state index contributed by atoms with van der Waals surface area (Å²) in [5.74, 6) is 0.894. The zero-order valence-electron chi connectivity index (χ0n) is 20.8. The Hall–Kier alpha value is 0.531. The Kier molecular flexibility index (Phi) is 25.8. The van der Waals surface area contributed by atoms with Gasteiger partial charge in [-0.2, -0.15) is 17.9 Å². The molecule has 0 aliphatic heterocycles. The molecule has 0 heterocycles. The summed E-state index contributed by atoms with van der Waals surface area (Å²) < 4.78 is 0. The van der Waals surface area contributed by atoms with E-state index in [9.17, 15) is 20.0 Å². The molecule has 188 valence electrons. The molecule has 0 aliphatic rings. The molecule has 34 heavy (non-hydrogen) atoms. The summed E-state index contributed by atoms with van der Waals surface area (Å²) >= 11 is 6.63. The Bertz CT molecular complexity index is 723. The Morgan fingerprint density at radius 1 is 0.676 bits per heavy atom. The molecule has 0 saturated carbocycles. The third kappa shape index (κ3) is 24.2. The predicted octanol–water partition coefficient (Wildman–Crippen LogP) is 6.29. The zero-order valence-corrected chi connectivity index (χ0v) is 27.9. The second kappa shape index (κ2) is 23.9. The molecule has 0 amide bonds. The van der Waals surface area contributed by atoms with Crippen LogP contribution in [0.5, 0.6) is 11.5 Å². The van der Waals surface area contributed by atoms with Gasteiger partial charge in [-0.3, -0.25) is 0 Å². The van der Waals surface area contributed by atoms with Crippen molar-refractivity contribution < 1.29 is 20.0 Å². The number of hydrogen-bond donors (Lipinski definition) is 3. The first-order valence-corrected chi connectivity index (χ1v) is 15.8. The second-order valence-electron chi connectivity index (χ2n) is 8.05. The number of para-hydroxylation sites is 2. The van der Waals surface area contributed by atoms with Gasteiger partial charge in [0, 0.05) is 0 Å². The fraction of sp³-hybridized carbons (Fsp3) is 0.538. The second-order valence-corrected chi connectivity index (χ2v) is 12.8. The van der Waals surface area contributed by atoms with E-state index in [-0.39, 0.29) is 48.9 Å². The molecule has 4 nitrogen and oxygen atoms in total. The molecule has 0 aliphatic carbocycles. The van der Waals surface area contributed by atoms with Crippen molar-refractivity contribution in [2.75, 3.05) is 0 Å². The molecule has 0 atom stereocenters. The number of thiol groups is 1. The Morgan fingerprint density at radius 3 is 1.26 bits per heavy atom. The average molecular weight is 650 g/mol. The van der Waals surface area contributed by atoms with Crippen molar-refractivity contribution >= 4 is 78.6 Å². The predicted molar refractivity (Wildman–Crippen MR) is 150 cm³/mol. The number of phenols is 2. The van der Waals surface area contributed by atoms with E-state index in [1.807, 2.05) is 36.4 Å². The Balaban J connectivity index is 0. The fourth-order valence-electron chi connectivity index (χ4n) is 3.28. The van der Waals surface area contributed by atoms with Crippen molar-refractivity contribution in [3.8, 4) is 11.5 Å². The molecular formula is C26H41BaO4PS2. The molecule has 2 aromatic carbocycles. The SMILES string of the molecule is CCCCCCCc1ccccc1O.CCCCCCCc1ccccc1O.[Ba+2].[O-]P([O-])(=S)S. The number of hydrogen-bond acceptors (Lipinski definition) is 5. The number of rotatable bonds is 12. The molecular weight excluding hydrogens is 609 g/mol. The smallest absolute Gasteiger partial charge is 0.825 e. The maximum absolute atomic E-state index is 9.51. The van der Waals surface area contributed by atoms with Gasteiger partial charge in [0.25, 0.3) is 0 Å². The van der Waals surface area contributed by atoms with Crippen LogP contribution in [0.25, 0.3) is 0 Å². The number of aromatic hydroxyl groups is 2. The molecule has 2 N–H and O–H groups in total. The van der Waals surface area contributed by atoms with E-state index in [1.54, 1.807) is 12.1 Å². The van der Waals surface area contributed by atoms with Crippen LogP contribution in [0.15, 0.2) is 48.5 Å². The van der Waals surface area contributed by atoms with Crippen LogP contribution in [0.1, 0.15) is 89.2 Å². The molecule has 0 unspecified atom stereocenters. The maximum atomic E-state index is 9.51. The van der Waals surface area contributed by atoms with Crippen LogP contribution in [0.3, 0.4) is 0 Å². The molecule has 0 saturated heterocycles. The van der Waals surface area contributed by atoms with Gasteiger partial charge in [-0.25, -0.2) is 0 Å². The third-order valence-corrected chi connectivity index (χ3v) is 5.08. The van der Waals surface area contributed by atoms with Gasteiger partial charge in [0.2, 0.25) is 0 Å². The van der Waals surface area contributed by atoms with Crippen molar-refractivity contribution in [2.24, 2.45) is 0 Å². The zero-order chi connectivity index (χ0) is 25.0. The first kappa shape index (κ1) is 36.7. The summed E-state index contributed by atoms with van der Waals surface area (Å²) in [7, 11) is 0. The van der Waals surface area contributed by atoms with E-state index in [4.69, 9.17) is 0 Å². The summed E-state index contributed by atoms with van der Waals surface area (Å²) in [5, 5.41) is 19.0. The molecule has 0 radical (unpaired) electrons. The van der Waals surface area contributed by atoms with Gasteiger partial charge in [0.1, 0.15) is 11.5 Å². The van der Waals surface area contributed by atoms with Gasteiger partial charge in [-0.15, -0.1) is 11.8 Å². The van der Waals surface area contributed by atoms with E-state index in [1.165, 1.54) is 64.2 Å². The molecule has 2 rings (SSSR count). The minimum atomic E-state index is -3.61. The van der Waals surface area contributed by atoms with Crippen molar-refractivity contribution in [3.05, 3.63) is 59.7 Å². The first-order valence-electron chi connectivity index (χ1n) is 12.0. The van der Waals surface area contributed by atoms with Gasteiger partial charge in [-0.1, -0.05) is 102 Å². The molecule has 8 heteroatoms. The summed E-state index contributed by atoms with van der Waals surface area (Å²) in [6, 6.07) is 15.3. The normalized spacial score (nSPS) is 10.3. The van der Waals surface area contributed by atoms with Crippen LogP contribution in [0.4, 0.5) is 0 Å². The van der Waals surface area contributed by atoms with Crippen LogP contribution in [-0.4, -0.2) is 59.1 Å². The van der Waals surface area contributed by atoms with Crippen molar-refractivity contribution in [3.63, 3.8) is 0 Å². The quantitative estimate of drug-likeness (QED) is 0.109. The minimum Gasteiger partial charge on any atom is -0.825 e. The van der Waals surface area contributed by atoms with Gasteiger partial charge < -0.3 is 20.0 Å². The molecule has 0 spiro atoms. The topological polar surface area (TPSA) is 86.6 Å². The van der Waals surface area contributed by atoms with Gasteiger partial charge >= 0.3 is 48.9 Å². The summed E-state index contributed by atoms with van der Waals surface area (Å²) in [6.45, 7) is 4.45. The van der Waals surface area contributed by atoms with Crippen LogP contribution >= 0.6 is 17.9 Å². The van der Waals surface area contributed by atoms with Crippen LogP contribution < -0.4 is 9.79 Å². The fourth-order valence-corrected chi connectivity index (χ4v) is 3.28. The first-order chi connectivity index (χ1) is 15.7. The number of unbranched alkanes of at least 4 members (excludes halogenated alkanes) is 8. The summed E-state index contributed by atoms with van der Waals surface area (Å²) in [4.78, 5) is 18.7. The van der Waals surface area contributed by atoms with Crippen LogP contribution in [0, 0.1) is 0 Å². The van der Waals surface area contributed by atoms with Crippen molar-refractivity contribution in [1.29, 1.82) is 0 Å². The van der Waals surface area contributed by atoms with Crippen LogP contribution in [0.2, 0.25) is 0 Å². The monoisotopic (exact) mass is 650 g/mol. The maximum Gasteiger partial charge on any atom is 2.00 e. The summed E-state index contributed by atoms with van der Waals surface area (Å²) in [5.41, 5.74) is -1.44. The number of phenolic OH excluding ortho intramolecular Hbond substituents is 2. The number of benzene rings is 2. The minimum absolute atomic E-state index is 0. The van der Waals surface area contributed by atoms with Crippen LogP contribution in [-0.2, 0) is 24.6 Å². The molecule has 2 aromatic rings. The Labute approximate surface area is 258 Å². The standard InChI is InChI=1S/2C13H20O.Ba.H3O2PS2/c2*1-2-3-4-5-6-9-12-10-7-8-11-13(12)14;;1-3(2,4)5/h2*7-8,10-11,14H,2-6,9H2,1H3;;(H3,1,2,4,5)/q;;+2;/p-2. The van der Waals surface area contributed by atoms with E-state index in [0.717, 1.165) is 24.0 Å². The van der Waals surface area contributed by atoms with E-state index < -0.39 is 5.69 Å². The molecule has 0 fully saturated rings. The largest absolute Gasteiger partial charge is 2.00 e. The van der Waals surface area contributed by atoms with Gasteiger partial charge in [-0.05, 0) is 48.9 Å². The summed E-state index contributed by atoms with van der Waals surface area (Å²) in [6.07, 6.45) is 14.9. The Morgan fingerprint density at radius 2 is 0.971 bits per heavy atom. The number of aryl methyl sites for hydroxylation is 2. The van der Waals surface area contributed by atoms with E-state index in [0.29, 0.717) is 11.5 Å². The average Bonchev–Trinajstić information content (AvgIpc) is 2.75. The van der Waals surface area contributed by atoms with E-state index in [2.05, 4.69) is 37.9 Å². The van der Waals surface area contributed by atoms with Crippen molar-refractivity contribution in [1.82, 2.24) is 0 Å². The van der Waals surface area contributed by atoms with Crippen molar-refractivity contribution in [2.45, 2.75) is 90.9 Å². The molecule has 0 aromatic heterocycles. The van der Waals surface area contributed by atoms with E-state index >= 15 is 0 Å². The van der Waals surface area contributed by atoms with Gasteiger partial charge in [0.05, 0.1) is 0 Å². The van der Waals surface area contributed by atoms with Gasteiger partial charge in [0.15, 0.2) is 0 Å².